The number of aryl methyl sites for hydroxylation is 1. The Morgan fingerprint density at radius 2 is 1.69 bits per heavy atom. The van der Waals surface area contributed by atoms with Crippen molar-refractivity contribution >= 4 is 28.7 Å². The van der Waals surface area contributed by atoms with Gasteiger partial charge in [-0.3, -0.25) is 14.5 Å². The number of esters is 2. The van der Waals surface area contributed by atoms with Crippen LogP contribution in [0.25, 0.3) is 22.4 Å². The van der Waals surface area contributed by atoms with Crippen molar-refractivity contribution in [3.63, 3.8) is 0 Å². The quantitative estimate of drug-likeness (QED) is 0.141. The SMILES string of the molecule is CCOC(=O)C1=C(c2ccc(-n3c(C)nc4cnccc43)cc2)NC(C)=C(C(=O)OCC#Cc2cccnc2)C1CCCC1CCCCC1. The van der Waals surface area contributed by atoms with Gasteiger partial charge in [-0.2, -0.15) is 0 Å². The number of dihydropyridines is 1. The third-order valence-corrected chi connectivity index (χ3v) is 9.44. The number of benzene rings is 1. The molecule has 1 atom stereocenters. The number of ether oxygens (including phenoxy) is 2. The molecular weight excluding hydrogens is 614 g/mol. The normalized spacial score (nSPS) is 16.6. The fraction of sp³-hybridized carbons (Fsp3) is 0.375. The molecule has 1 aliphatic heterocycles. The monoisotopic (exact) mass is 657 g/mol. The van der Waals surface area contributed by atoms with E-state index in [-0.39, 0.29) is 13.2 Å². The van der Waals surface area contributed by atoms with Gasteiger partial charge < -0.3 is 14.8 Å². The topological polar surface area (TPSA) is 108 Å². The molecule has 9 heteroatoms. The minimum atomic E-state index is -0.496. The van der Waals surface area contributed by atoms with E-state index in [1.807, 2.05) is 56.3 Å². The Balaban J connectivity index is 1.32. The largest absolute Gasteiger partial charge is 0.463 e. The van der Waals surface area contributed by atoms with Crippen LogP contribution in [0.4, 0.5) is 0 Å². The number of nitrogens with zero attached hydrogens (tertiary/aromatic N) is 4. The lowest BCUT2D eigenvalue weighted by Crippen LogP contribution is -2.34. The van der Waals surface area contributed by atoms with Gasteiger partial charge in [0.2, 0.25) is 0 Å². The van der Waals surface area contributed by atoms with Crippen LogP contribution in [0, 0.1) is 30.6 Å². The van der Waals surface area contributed by atoms with Crippen LogP contribution < -0.4 is 5.32 Å². The van der Waals surface area contributed by atoms with E-state index >= 15 is 0 Å². The number of rotatable bonds is 10. The second-order valence-corrected chi connectivity index (χ2v) is 12.7. The van der Waals surface area contributed by atoms with Crippen LogP contribution in [0.3, 0.4) is 0 Å². The van der Waals surface area contributed by atoms with Crippen molar-refractivity contribution in [1.82, 2.24) is 24.8 Å². The average Bonchev–Trinajstić information content (AvgIpc) is 3.46. The number of nitrogens with one attached hydrogen (secondary N) is 1. The summed E-state index contributed by atoms with van der Waals surface area (Å²) in [5, 5.41) is 3.42. The molecule has 1 saturated carbocycles. The molecule has 0 saturated heterocycles. The van der Waals surface area contributed by atoms with E-state index in [0.717, 1.165) is 46.5 Å². The molecule has 3 aromatic heterocycles. The second-order valence-electron chi connectivity index (χ2n) is 12.7. The van der Waals surface area contributed by atoms with Gasteiger partial charge in [0.1, 0.15) is 11.3 Å². The summed E-state index contributed by atoms with van der Waals surface area (Å²) in [4.78, 5) is 40.6. The first-order valence-corrected chi connectivity index (χ1v) is 17.3. The Morgan fingerprint density at radius 3 is 2.45 bits per heavy atom. The van der Waals surface area contributed by atoms with Crippen LogP contribution >= 0.6 is 0 Å². The van der Waals surface area contributed by atoms with Gasteiger partial charge in [0.15, 0.2) is 6.61 Å². The first-order chi connectivity index (χ1) is 23.9. The summed E-state index contributed by atoms with van der Waals surface area (Å²) in [6, 6.07) is 13.6. The Hall–Kier alpha value is -5.23. The minimum Gasteiger partial charge on any atom is -0.463 e. The Labute approximate surface area is 287 Å². The van der Waals surface area contributed by atoms with E-state index in [2.05, 4.69) is 36.7 Å². The molecule has 4 aromatic rings. The van der Waals surface area contributed by atoms with Crippen molar-refractivity contribution in [1.29, 1.82) is 0 Å². The molecule has 1 aromatic carbocycles. The third kappa shape index (κ3) is 7.75. The number of hydrogen-bond donors (Lipinski definition) is 1. The highest BCUT2D eigenvalue weighted by molar-refractivity contribution is 6.03. The maximum Gasteiger partial charge on any atom is 0.337 e. The number of pyridine rings is 2. The lowest BCUT2D eigenvalue weighted by atomic mass is 9.79. The molecule has 4 heterocycles. The molecule has 1 aliphatic carbocycles. The molecule has 0 radical (unpaired) electrons. The van der Waals surface area contributed by atoms with Crippen LogP contribution in [0.5, 0.6) is 0 Å². The van der Waals surface area contributed by atoms with Crippen LogP contribution in [-0.2, 0) is 19.1 Å². The van der Waals surface area contributed by atoms with Gasteiger partial charge >= 0.3 is 11.9 Å². The molecule has 2 aliphatic rings. The van der Waals surface area contributed by atoms with Crippen molar-refractivity contribution in [2.75, 3.05) is 13.2 Å². The van der Waals surface area contributed by atoms with Gasteiger partial charge in [-0.05, 0) is 69.0 Å². The molecule has 49 heavy (non-hydrogen) atoms. The van der Waals surface area contributed by atoms with E-state index in [1.54, 1.807) is 31.7 Å². The predicted octanol–water partition coefficient (Wildman–Crippen LogP) is 7.24. The summed E-state index contributed by atoms with van der Waals surface area (Å²) in [5.74, 6) is 6.02. The molecule has 9 nitrogen and oxygen atoms in total. The van der Waals surface area contributed by atoms with Gasteiger partial charge in [0, 0.05) is 41.5 Å². The smallest absolute Gasteiger partial charge is 0.337 e. The van der Waals surface area contributed by atoms with E-state index in [0.29, 0.717) is 34.9 Å². The molecule has 1 fully saturated rings. The molecule has 0 spiro atoms. The van der Waals surface area contributed by atoms with Crippen molar-refractivity contribution < 1.29 is 19.1 Å². The molecule has 1 N–H and O–H groups in total. The van der Waals surface area contributed by atoms with Gasteiger partial charge in [-0.15, -0.1) is 0 Å². The highest BCUT2D eigenvalue weighted by Crippen LogP contribution is 2.39. The van der Waals surface area contributed by atoms with E-state index in [9.17, 15) is 9.59 Å². The number of carbonyl (C=O) groups excluding carboxylic acids is 2. The van der Waals surface area contributed by atoms with Crippen LogP contribution in [0.1, 0.15) is 82.2 Å². The molecular formula is C40H43N5O4. The zero-order chi connectivity index (χ0) is 34.2. The molecule has 0 bridgehead atoms. The Kier molecular flexibility index (Phi) is 10.8. The summed E-state index contributed by atoms with van der Waals surface area (Å²) >= 11 is 0. The maximum absolute atomic E-state index is 13.9. The first-order valence-electron chi connectivity index (χ1n) is 17.3. The van der Waals surface area contributed by atoms with Crippen molar-refractivity contribution in [2.24, 2.45) is 11.8 Å². The summed E-state index contributed by atoms with van der Waals surface area (Å²) in [5.41, 5.74) is 6.50. The van der Waals surface area contributed by atoms with E-state index < -0.39 is 17.9 Å². The maximum atomic E-state index is 13.9. The van der Waals surface area contributed by atoms with Crippen LogP contribution in [0.2, 0.25) is 0 Å². The fourth-order valence-electron chi connectivity index (χ4n) is 7.16. The van der Waals surface area contributed by atoms with Crippen LogP contribution in [0.15, 0.2) is 84.1 Å². The number of carbonyl (C=O) groups is 2. The molecule has 1 unspecified atom stereocenters. The average molecular weight is 658 g/mol. The van der Waals surface area contributed by atoms with E-state index in [4.69, 9.17) is 9.47 Å². The van der Waals surface area contributed by atoms with Crippen molar-refractivity contribution in [3.05, 3.63) is 101 Å². The molecule has 6 rings (SSSR count). The highest BCUT2D eigenvalue weighted by Gasteiger charge is 2.38. The van der Waals surface area contributed by atoms with E-state index in [1.165, 1.54) is 32.1 Å². The predicted molar refractivity (Wildman–Crippen MR) is 189 cm³/mol. The van der Waals surface area contributed by atoms with Gasteiger partial charge in [-0.1, -0.05) is 68.9 Å². The highest BCUT2D eigenvalue weighted by atomic mass is 16.5. The van der Waals surface area contributed by atoms with Crippen molar-refractivity contribution in [2.45, 2.75) is 72.1 Å². The van der Waals surface area contributed by atoms with Gasteiger partial charge in [-0.25, -0.2) is 14.6 Å². The minimum absolute atomic E-state index is 0.0789. The second kappa shape index (κ2) is 15.8. The number of allylic oxidation sites excluding steroid dienone is 1. The number of aromatic nitrogens is 4. The summed E-state index contributed by atoms with van der Waals surface area (Å²) < 4.78 is 13.5. The summed E-state index contributed by atoms with van der Waals surface area (Å²) in [7, 11) is 0. The zero-order valence-electron chi connectivity index (χ0n) is 28.5. The molecule has 252 valence electrons. The number of fused-ring (bicyclic) bond motifs is 1. The third-order valence-electron chi connectivity index (χ3n) is 9.44. The van der Waals surface area contributed by atoms with Crippen molar-refractivity contribution in [3.8, 4) is 17.5 Å². The van der Waals surface area contributed by atoms with Crippen LogP contribution in [-0.4, -0.2) is 44.7 Å². The first kappa shape index (κ1) is 33.7. The fourth-order valence-corrected chi connectivity index (χ4v) is 7.16. The zero-order valence-corrected chi connectivity index (χ0v) is 28.5. The summed E-state index contributed by atoms with van der Waals surface area (Å²) in [6.45, 7) is 5.78. The Bertz CT molecular complexity index is 1930. The number of imidazole rings is 1. The standard InChI is InChI=1S/C40H43N5O4/c1-4-48-40(47)37-33(16-8-13-29-11-6-5-7-12-29)36(39(46)49-24-10-15-30-14-9-22-41-25-30)27(2)43-38(37)31-17-19-32(20-18-31)45-28(3)44-34-26-42-23-21-35(34)45/h9,14,17-23,25-26,29,33,43H,4-8,11-13,16,24H2,1-3H3. The van der Waals surface area contributed by atoms with Gasteiger partial charge in [0.05, 0.1) is 35.2 Å². The summed E-state index contributed by atoms with van der Waals surface area (Å²) in [6.07, 6.45) is 15.8. The van der Waals surface area contributed by atoms with Gasteiger partial charge in [0.25, 0.3) is 0 Å². The lowest BCUT2D eigenvalue weighted by Gasteiger charge is -2.32. The number of hydrogen-bond acceptors (Lipinski definition) is 8. The molecule has 0 amide bonds. The Morgan fingerprint density at radius 1 is 0.918 bits per heavy atom. The lowest BCUT2D eigenvalue weighted by molar-refractivity contribution is -0.139.